The Morgan fingerprint density at radius 3 is 2.36 bits per heavy atom. The fourth-order valence-electron chi connectivity index (χ4n) is 6.60. The number of rotatable bonds is 23. The number of H-pyrrole nitrogens is 1. The Morgan fingerprint density at radius 1 is 0.967 bits per heavy atom. The van der Waals surface area contributed by atoms with Crippen molar-refractivity contribution >= 4 is 36.6 Å². The molecule has 2 unspecified atom stereocenters. The number of aromatic nitrogens is 2. The number of benzene rings is 1. The maximum absolute atomic E-state index is 12.9. The molecule has 3 amide bonds. The highest BCUT2D eigenvalue weighted by atomic mass is 32.5. The van der Waals surface area contributed by atoms with E-state index >= 15 is 0 Å². The Kier molecular flexibility index (Phi) is 20.4. The lowest BCUT2D eigenvalue weighted by Gasteiger charge is -2.42. The van der Waals surface area contributed by atoms with E-state index < -0.39 is 91.6 Å². The number of hydrogen-bond donors (Lipinski definition) is 8. The highest BCUT2D eigenvalue weighted by molar-refractivity contribution is 8.07. The number of nitrogens with zero attached hydrogens (tertiary/aromatic N) is 1. The maximum atomic E-state index is 12.9. The first-order chi connectivity index (χ1) is 29.2. The van der Waals surface area contributed by atoms with Crippen LogP contribution in [0.3, 0.4) is 0 Å². The second-order valence-corrected chi connectivity index (χ2v) is 17.1. The zero-order chi connectivity index (χ0) is 44.4. The van der Waals surface area contributed by atoms with Crippen molar-refractivity contribution in [3.8, 4) is 0 Å². The Balaban J connectivity index is 1.21. The number of aliphatic hydroxyl groups excluding tert-OH is 3. The van der Waals surface area contributed by atoms with E-state index in [0.717, 1.165) is 11.6 Å². The van der Waals surface area contributed by atoms with Crippen LogP contribution < -0.4 is 27.2 Å². The zero-order valence-electron chi connectivity index (χ0n) is 33.9. The van der Waals surface area contributed by atoms with Crippen molar-refractivity contribution in [1.29, 1.82) is 0 Å². The highest BCUT2D eigenvalue weighted by Gasteiger charge is 2.49. The third kappa shape index (κ3) is 16.0. The average Bonchev–Trinajstić information content (AvgIpc) is 3.56. The van der Waals surface area contributed by atoms with Crippen molar-refractivity contribution in [3.63, 3.8) is 0 Å². The molecule has 4 rings (SSSR count). The van der Waals surface area contributed by atoms with E-state index in [0.29, 0.717) is 45.2 Å². The molecule has 2 aromatic rings. The number of carbonyl (C=O) groups excluding carboxylic acids is 3. The van der Waals surface area contributed by atoms with Crippen molar-refractivity contribution in [3.05, 3.63) is 81.1 Å². The van der Waals surface area contributed by atoms with Crippen LogP contribution in [0.25, 0.3) is 0 Å². The molecule has 0 bridgehead atoms. The molecular weight excluding hydrogens is 845 g/mol. The van der Waals surface area contributed by atoms with E-state index in [1.54, 1.807) is 24.3 Å². The average molecular weight is 902 g/mol. The standard InChI is InChI=1S/C38H56N5O16PS/c1-24(45)41-30-32(48)31(47)27(21-44)58-35(30)54-20-12-11-18-40-36(49)39-17-10-5-3-4-9-15-26-33(59-60(52,61)53-2)28(57-34(26)43-19-16-29(46)42-37(43)50)23-56-38(51)55-22-25-13-7-6-8-14-25/h4,6-9,13-14,16,19,26-28,30-35,44,47-48H,3,5,10-12,15,17-18,20-23H2,1-2H3,(H,41,45)(H,52,61)(H2,39,40,49)(H,42,46,50)/b9-4+/t26-,27+,28+,30+,31-,32+,33?,34+,35+,60?/m0/s1. The monoisotopic (exact) mass is 901 g/mol. The van der Waals surface area contributed by atoms with E-state index in [1.807, 2.05) is 18.2 Å². The molecule has 2 fully saturated rings. The molecule has 0 spiro atoms. The van der Waals surface area contributed by atoms with Crippen LogP contribution in [0.2, 0.25) is 0 Å². The summed E-state index contributed by atoms with van der Waals surface area (Å²) in [5, 5.41) is 38.0. The molecule has 1 aromatic heterocycles. The topological polar surface area (TPSA) is 288 Å². The van der Waals surface area contributed by atoms with Crippen LogP contribution in [-0.4, -0.2) is 131 Å². The van der Waals surface area contributed by atoms with Gasteiger partial charge in [0.1, 0.15) is 56.0 Å². The molecule has 340 valence electrons. The molecule has 0 radical (unpaired) electrons. The number of hydrogen-bond acceptors (Lipinski definition) is 16. The minimum Gasteiger partial charge on any atom is -0.431 e. The molecule has 0 saturated carbocycles. The quantitative estimate of drug-likeness (QED) is 0.0331. The van der Waals surface area contributed by atoms with Gasteiger partial charge in [-0.2, -0.15) is 0 Å². The van der Waals surface area contributed by atoms with E-state index in [2.05, 4.69) is 20.9 Å². The lowest BCUT2D eigenvalue weighted by Crippen LogP contribution is -2.64. The first-order valence-corrected chi connectivity index (χ1v) is 22.4. The second-order valence-electron chi connectivity index (χ2n) is 14.2. The van der Waals surface area contributed by atoms with Gasteiger partial charge in [-0.05, 0) is 55.9 Å². The van der Waals surface area contributed by atoms with Gasteiger partial charge in [0.25, 0.3) is 5.56 Å². The van der Waals surface area contributed by atoms with E-state index in [1.165, 1.54) is 24.8 Å². The molecule has 1 aromatic carbocycles. The number of ether oxygens (including phenoxy) is 5. The van der Waals surface area contributed by atoms with Gasteiger partial charge in [-0.25, -0.2) is 14.4 Å². The fraction of sp³-hybridized carbons (Fsp3) is 0.605. The van der Waals surface area contributed by atoms with Gasteiger partial charge < -0.3 is 68.9 Å². The molecule has 3 heterocycles. The Labute approximate surface area is 356 Å². The van der Waals surface area contributed by atoms with Crippen molar-refractivity contribution in [2.75, 3.05) is 40.0 Å². The van der Waals surface area contributed by atoms with Crippen LogP contribution in [0, 0.1) is 5.92 Å². The molecule has 2 saturated heterocycles. The second kappa shape index (κ2) is 25.1. The highest BCUT2D eigenvalue weighted by Crippen LogP contribution is 2.50. The number of aromatic amines is 1. The van der Waals surface area contributed by atoms with Crippen molar-refractivity contribution < 1.29 is 67.3 Å². The summed E-state index contributed by atoms with van der Waals surface area (Å²) in [6, 6.07) is 8.76. The summed E-state index contributed by atoms with van der Waals surface area (Å²) in [6.45, 7) is -2.60. The van der Waals surface area contributed by atoms with Crippen molar-refractivity contribution in [2.24, 2.45) is 5.92 Å². The Bertz CT molecular complexity index is 1890. The lowest BCUT2D eigenvalue weighted by molar-refractivity contribution is -0.270. The van der Waals surface area contributed by atoms with Gasteiger partial charge >= 0.3 is 24.6 Å². The summed E-state index contributed by atoms with van der Waals surface area (Å²) in [5.74, 6) is -1.14. The minimum atomic E-state index is -3.80. The van der Waals surface area contributed by atoms with Gasteiger partial charge in [0.2, 0.25) is 5.91 Å². The summed E-state index contributed by atoms with van der Waals surface area (Å²) in [6.07, 6.45) is -0.719. The van der Waals surface area contributed by atoms with Crippen LogP contribution >= 0.6 is 6.72 Å². The number of nitrogens with one attached hydrogen (secondary N) is 4. The van der Waals surface area contributed by atoms with Gasteiger partial charge in [0.05, 0.1) is 6.61 Å². The van der Waals surface area contributed by atoms with Gasteiger partial charge in [-0.1, -0.05) is 42.5 Å². The summed E-state index contributed by atoms with van der Waals surface area (Å²) < 4.78 is 40.0. The number of urea groups is 1. The van der Waals surface area contributed by atoms with Crippen LogP contribution in [-0.2, 0) is 55.9 Å². The van der Waals surface area contributed by atoms with Gasteiger partial charge in [-0.3, -0.25) is 19.1 Å². The summed E-state index contributed by atoms with van der Waals surface area (Å²) in [5.41, 5.74) is -0.620. The van der Waals surface area contributed by atoms with Gasteiger partial charge in [0, 0.05) is 51.9 Å². The van der Waals surface area contributed by atoms with Crippen LogP contribution in [0.5, 0.6) is 0 Å². The normalized spacial score (nSPS) is 26.0. The molecule has 8 N–H and O–H groups in total. The molecule has 2 aliphatic rings. The predicted molar refractivity (Wildman–Crippen MR) is 219 cm³/mol. The SMILES string of the molecule is COP(O)(=S)OC1[C@@H](COC(=O)OCc2ccccc2)O[C@@H](n2ccc(=O)[nH]c2=O)[C@H]1C/C=C/CCCCNC(=O)NCCCCO[C@@H]1O[C@H](CO)[C@H](O)[C@H](O)[C@H]1NC(C)=O. The van der Waals surface area contributed by atoms with E-state index in [4.69, 9.17) is 44.5 Å². The molecular formula is C38H56N5O16PS. The minimum absolute atomic E-state index is 0.0344. The first kappa shape index (κ1) is 49.6. The van der Waals surface area contributed by atoms with E-state index in [9.17, 15) is 44.2 Å². The fourth-order valence-corrected chi connectivity index (χ4v) is 7.58. The van der Waals surface area contributed by atoms with Crippen LogP contribution in [0.4, 0.5) is 9.59 Å². The lowest BCUT2D eigenvalue weighted by atomic mass is 9.95. The van der Waals surface area contributed by atoms with Gasteiger partial charge in [-0.15, -0.1) is 0 Å². The molecule has 2 aliphatic heterocycles. The van der Waals surface area contributed by atoms with Crippen LogP contribution in [0.1, 0.15) is 57.2 Å². The molecule has 21 nitrogen and oxygen atoms in total. The van der Waals surface area contributed by atoms with Crippen molar-refractivity contribution in [2.45, 2.75) is 101 Å². The third-order valence-electron chi connectivity index (χ3n) is 9.69. The Morgan fingerprint density at radius 2 is 1.69 bits per heavy atom. The maximum Gasteiger partial charge on any atom is 0.508 e. The Hall–Kier alpha value is -4.06. The first-order valence-electron chi connectivity index (χ1n) is 19.8. The third-order valence-corrected chi connectivity index (χ3v) is 11.4. The predicted octanol–water partition coefficient (Wildman–Crippen LogP) is 0.808. The van der Waals surface area contributed by atoms with E-state index in [-0.39, 0.29) is 32.3 Å². The largest absolute Gasteiger partial charge is 0.508 e. The van der Waals surface area contributed by atoms with Gasteiger partial charge in [0.15, 0.2) is 6.29 Å². The number of unbranched alkanes of at least 4 members (excludes halogenated alkanes) is 3. The number of amides is 3. The zero-order valence-corrected chi connectivity index (χ0v) is 35.6. The molecule has 23 heteroatoms. The molecule has 0 aliphatic carbocycles. The summed E-state index contributed by atoms with van der Waals surface area (Å²) >= 11 is 5.15. The number of carbonyl (C=O) groups is 3. The number of allylic oxidation sites excluding steroid dienone is 2. The molecule has 10 atom stereocenters. The van der Waals surface area contributed by atoms with Crippen molar-refractivity contribution in [1.82, 2.24) is 25.5 Å². The number of aliphatic hydroxyl groups is 3. The smallest absolute Gasteiger partial charge is 0.431 e. The molecule has 61 heavy (non-hydrogen) atoms. The summed E-state index contributed by atoms with van der Waals surface area (Å²) in [4.78, 5) is 73.9. The summed E-state index contributed by atoms with van der Waals surface area (Å²) in [7, 11) is 1.19. The van der Waals surface area contributed by atoms with Crippen LogP contribution in [0.15, 0.2) is 64.3 Å².